The quantitative estimate of drug-likeness (QED) is 0.196. The molecule has 1 fully saturated rings. The summed E-state index contributed by atoms with van der Waals surface area (Å²) in [5, 5.41) is 29.9. The maximum absolute atomic E-state index is 15.5. The average Bonchev–Trinajstić information content (AvgIpc) is 3.62. The van der Waals surface area contributed by atoms with E-state index in [-0.39, 0.29) is 23.7 Å². The third kappa shape index (κ3) is 7.13. The van der Waals surface area contributed by atoms with E-state index in [1.165, 1.54) is 35.4 Å². The van der Waals surface area contributed by atoms with Gasteiger partial charge >= 0.3 is 0 Å². The van der Waals surface area contributed by atoms with Gasteiger partial charge in [0.2, 0.25) is 0 Å². The summed E-state index contributed by atoms with van der Waals surface area (Å²) in [6.45, 7) is 5.30. The highest BCUT2D eigenvalue weighted by Gasteiger charge is 2.39. The number of nitrogens with zero attached hydrogens (tertiary/aromatic N) is 5. The monoisotopic (exact) mass is 613 g/mol. The van der Waals surface area contributed by atoms with E-state index in [2.05, 4.69) is 35.6 Å². The van der Waals surface area contributed by atoms with E-state index in [0.29, 0.717) is 49.2 Å². The minimum Gasteiger partial charge on any atom is -0.394 e. The fourth-order valence-electron chi connectivity index (χ4n) is 4.84. The number of carbonyl (C=O) groups excluding carboxylic acids is 1. The number of hydrogen-bond acceptors (Lipinski definition) is 12. The second-order valence-corrected chi connectivity index (χ2v) is 12.7. The van der Waals surface area contributed by atoms with Crippen LogP contribution in [0.1, 0.15) is 40.3 Å². The topological polar surface area (TPSA) is 150 Å². The van der Waals surface area contributed by atoms with E-state index in [1.807, 2.05) is 25.1 Å². The van der Waals surface area contributed by atoms with Crippen LogP contribution in [-0.4, -0.2) is 80.0 Å². The van der Waals surface area contributed by atoms with E-state index in [0.717, 1.165) is 15.5 Å². The van der Waals surface area contributed by atoms with Crippen molar-refractivity contribution in [2.24, 2.45) is 0 Å². The van der Waals surface area contributed by atoms with E-state index in [4.69, 9.17) is 4.52 Å². The van der Waals surface area contributed by atoms with E-state index in [9.17, 15) is 15.0 Å². The highest BCUT2D eigenvalue weighted by molar-refractivity contribution is 8.01. The van der Waals surface area contributed by atoms with Crippen LogP contribution in [-0.2, 0) is 5.41 Å². The first-order valence-corrected chi connectivity index (χ1v) is 15.1. The van der Waals surface area contributed by atoms with Crippen LogP contribution in [0.5, 0.6) is 0 Å². The van der Waals surface area contributed by atoms with Gasteiger partial charge in [0.1, 0.15) is 11.6 Å². The molecule has 42 heavy (non-hydrogen) atoms. The number of anilines is 2. The first-order valence-electron chi connectivity index (χ1n) is 13.5. The van der Waals surface area contributed by atoms with Crippen molar-refractivity contribution in [2.75, 3.05) is 38.1 Å². The van der Waals surface area contributed by atoms with Crippen LogP contribution in [0, 0.1) is 19.7 Å². The molecule has 5 rings (SSSR count). The molecule has 0 saturated carbocycles. The van der Waals surface area contributed by atoms with Crippen LogP contribution in [0.25, 0.3) is 0 Å². The summed E-state index contributed by atoms with van der Waals surface area (Å²) in [7, 11) is 0. The zero-order valence-corrected chi connectivity index (χ0v) is 24.8. The zero-order chi connectivity index (χ0) is 29.7. The number of carbonyl (C=O) groups is 1. The molecule has 4 aromatic rings. The van der Waals surface area contributed by atoms with Crippen molar-refractivity contribution in [1.29, 1.82) is 0 Å². The number of aliphatic hydroxyl groups is 2. The van der Waals surface area contributed by atoms with Crippen molar-refractivity contribution in [3.63, 3.8) is 0 Å². The number of halogens is 1. The van der Waals surface area contributed by atoms with Crippen molar-refractivity contribution >= 4 is 40.0 Å². The number of likely N-dealkylation sites (tertiary alicyclic amines) is 1. The molecule has 14 heteroatoms. The molecule has 0 aliphatic carbocycles. The lowest BCUT2D eigenvalue weighted by molar-refractivity contribution is 0.0423. The summed E-state index contributed by atoms with van der Waals surface area (Å²) in [4.78, 5) is 28.2. The molecule has 11 nitrogen and oxygen atoms in total. The zero-order valence-electron chi connectivity index (χ0n) is 23.2. The predicted octanol–water partition coefficient (Wildman–Crippen LogP) is 3.69. The van der Waals surface area contributed by atoms with Crippen LogP contribution >= 0.6 is 23.1 Å². The SMILES string of the molecule is Cc1ccnc(Nc2ncc(Sc3ccnc(C(=O)NCC4(c5cc(C)on5)CCN(CC(O)CO)CC4)c3F)s2)c1. The molecule has 222 valence electrons. The summed E-state index contributed by atoms with van der Waals surface area (Å²) in [6, 6.07) is 7.19. The van der Waals surface area contributed by atoms with Crippen molar-refractivity contribution in [3.05, 3.63) is 71.4 Å². The standard InChI is InChI=1S/C28H32FN7O4S2/c1-17-3-7-30-22(11-17)34-27-32-13-23(42-27)41-20-4-8-31-25(24(20)29)26(39)33-16-28(21-12-18(2)40-35-21)5-9-36(10-6-28)14-19(38)15-37/h3-4,7-8,11-13,19,37-38H,5-6,9-10,14-16H2,1-2H3,(H,33,39)(H,30,32,34). The molecule has 0 radical (unpaired) electrons. The first-order chi connectivity index (χ1) is 20.2. The van der Waals surface area contributed by atoms with Gasteiger partial charge in [-0.3, -0.25) is 4.79 Å². The Bertz CT molecular complexity index is 1520. The van der Waals surface area contributed by atoms with Crippen molar-refractivity contribution in [1.82, 2.24) is 30.3 Å². The van der Waals surface area contributed by atoms with E-state index in [1.54, 1.807) is 19.3 Å². The summed E-state index contributed by atoms with van der Waals surface area (Å²) in [5.74, 6) is -0.00276. The van der Waals surface area contributed by atoms with Crippen LogP contribution in [0.15, 0.2) is 56.5 Å². The molecule has 1 aliphatic heterocycles. The maximum atomic E-state index is 15.5. The molecule has 1 saturated heterocycles. The molecular formula is C28H32FN7O4S2. The Morgan fingerprint density at radius 2 is 2.00 bits per heavy atom. The second kappa shape index (κ2) is 13.3. The highest BCUT2D eigenvalue weighted by atomic mass is 32.2. The number of pyridine rings is 2. The van der Waals surface area contributed by atoms with E-state index >= 15 is 4.39 Å². The van der Waals surface area contributed by atoms with Gasteiger partial charge in [-0.15, -0.1) is 0 Å². The van der Waals surface area contributed by atoms with Crippen LogP contribution < -0.4 is 10.6 Å². The molecule has 1 amide bonds. The fraction of sp³-hybridized carbons (Fsp3) is 0.393. The van der Waals surface area contributed by atoms with Gasteiger partial charge in [-0.25, -0.2) is 19.3 Å². The molecule has 1 aliphatic rings. The number of nitrogens with one attached hydrogen (secondary N) is 2. The molecule has 4 N–H and O–H groups in total. The second-order valence-electron chi connectivity index (χ2n) is 10.3. The Kier molecular flexibility index (Phi) is 9.48. The number of aryl methyl sites for hydroxylation is 2. The van der Waals surface area contributed by atoms with Gasteiger partial charge in [0, 0.05) is 37.0 Å². The Hall–Kier alpha value is -3.43. The minimum atomic E-state index is -0.816. The predicted molar refractivity (Wildman–Crippen MR) is 157 cm³/mol. The largest absolute Gasteiger partial charge is 0.394 e. The van der Waals surface area contributed by atoms with Gasteiger partial charge in [-0.1, -0.05) is 28.3 Å². The number of amides is 1. The Morgan fingerprint density at radius 3 is 2.71 bits per heavy atom. The van der Waals surface area contributed by atoms with Crippen LogP contribution in [0.3, 0.4) is 0 Å². The lowest BCUT2D eigenvalue weighted by Gasteiger charge is -2.41. The normalized spacial score (nSPS) is 15.8. The van der Waals surface area contributed by atoms with Crippen LogP contribution in [0.2, 0.25) is 0 Å². The van der Waals surface area contributed by atoms with Gasteiger partial charge in [0.25, 0.3) is 5.91 Å². The summed E-state index contributed by atoms with van der Waals surface area (Å²) < 4.78 is 21.6. The van der Waals surface area contributed by atoms with Gasteiger partial charge in [0.05, 0.1) is 33.7 Å². The highest BCUT2D eigenvalue weighted by Crippen LogP contribution is 2.37. The number of rotatable bonds is 11. The molecule has 0 bridgehead atoms. The summed E-state index contributed by atoms with van der Waals surface area (Å²) in [6.07, 6.45) is 5.21. The number of piperidine rings is 1. The molecule has 1 unspecified atom stereocenters. The number of aliphatic hydroxyl groups excluding tert-OH is 2. The maximum Gasteiger partial charge on any atom is 0.273 e. The average molecular weight is 614 g/mol. The van der Waals surface area contributed by atoms with Crippen molar-refractivity contribution < 1.29 is 23.9 Å². The van der Waals surface area contributed by atoms with Crippen LogP contribution in [0.4, 0.5) is 15.3 Å². The third-order valence-corrected chi connectivity index (χ3v) is 9.22. The van der Waals surface area contributed by atoms with E-state index < -0.39 is 23.2 Å². The minimum absolute atomic E-state index is 0.212. The number of β-amino-alcohol motifs (C(OH)–C–C–N with tert-alkyl or cyclic N) is 1. The fourth-order valence-corrected chi connectivity index (χ4v) is 6.71. The first kappa shape index (κ1) is 30.0. The smallest absolute Gasteiger partial charge is 0.273 e. The summed E-state index contributed by atoms with van der Waals surface area (Å²) in [5.41, 5.74) is 0.959. The lowest BCUT2D eigenvalue weighted by Crippen LogP contribution is -2.50. The third-order valence-electron chi connectivity index (χ3n) is 7.17. The molecule has 0 spiro atoms. The van der Waals surface area contributed by atoms with Gasteiger partial charge < -0.3 is 30.3 Å². The molecule has 5 heterocycles. The van der Waals surface area contributed by atoms with Gasteiger partial charge in [-0.05, 0) is 63.5 Å². The summed E-state index contributed by atoms with van der Waals surface area (Å²) >= 11 is 2.51. The number of thiazole rings is 1. The Labute approximate surface area is 250 Å². The Morgan fingerprint density at radius 1 is 1.21 bits per heavy atom. The van der Waals surface area contributed by atoms with Gasteiger partial charge in [0.15, 0.2) is 16.6 Å². The molecule has 1 atom stereocenters. The number of hydrogen-bond donors (Lipinski definition) is 4. The number of aromatic nitrogens is 4. The Balaban J connectivity index is 1.25. The molecule has 0 aromatic carbocycles. The molecular weight excluding hydrogens is 581 g/mol. The van der Waals surface area contributed by atoms with Crippen molar-refractivity contribution in [3.8, 4) is 0 Å². The molecule has 4 aromatic heterocycles. The van der Waals surface area contributed by atoms with Crippen molar-refractivity contribution in [2.45, 2.75) is 47.3 Å². The lowest BCUT2D eigenvalue weighted by atomic mass is 9.75. The van der Waals surface area contributed by atoms with Gasteiger partial charge in [-0.2, -0.15) is 0 Å².